The van der Waals surface area contributed by atoms with Crippen molar-refractivity contribution in [3.8, 4) is 34.1 Å². The van der Waals surface area contributed by atoms with Crippen molar-refractivity contribution in [2.24, 2.45) is 0 Å². The van der Waals surface area contributed by atoms with Crippen LogP contribution in [0.1, 0.15) is 11.1 Å². The van der Waals surface area contributed by atoms with Crippen LogP contribution in [0, 0.1) is 0 Å². The van der Waals surface area contributed by atoms with Crippen LogP contribution in [0.2, 0.25) is 0 Å². The largest absolute Gasteiger partial charge is 0.495 e. The van der Waals surface area contributed by atoms with Gasteiger partial charge in [0.25, 0.3) is 0 Å². The molecule has 6 heteroatoms. The molecule has 0 aliphatic rings. The SMILES string of the molecule is COc1cc(-c2ccc(-c3ccc(CN(C)C)cc3C[O])o2)cc(OC)c1Br. The van der Waals surface area contributed by atoms with Crippen LogP contribution in [0.4, 0.5) is 0 Å². The van der Waals surface area contributed by atoms with Crippen LogP contribution in [0.3, 0.4) is 0 Å². The number of halogens is 1. The van der Waals surface area contributed by atoms with Gasteiger partial charge >= 0.3 is 0 Å². The van der Waals surface area contributed by atoms with E-state index < -0.39 is 0 Å². The van der Waals surface area contributed by atoms with E-state index in [-0.39, 0.29) is 6.61 Å². The predicted molar refractivity (Wildman–Crippen MR) is 112 cm³/mol. The topological polar surface area (TPSA) is 54.7 Å². The Labute approximate surface area is 173 Å². The molecule has 0 saturated carbocycles. The third-order valence-electron chi connectivity index (χ3n) is 4.43. The molecule has 0 atom stereocenters. The van der Waals surface area contributed by atoms with E-state index >= 15 is 0 Å². The van der Waals surface area contributed by atoms with Crippen molar-refractivity contribution in [2.45, 2.75) is 13.2 Å². The fourth-order valence-electron chi connectivity index (χ4n) is 3.12. The molecule has 0 aliphatic heterocycles. The Morgan fingerprint density at radius 2 is 1.61 bits per heavy atom. The summed E-state index contributed by atoms with van der Waals surface area (Å²) in [5.74, 6) is 2.65. The van der Waals surface area contributed by atoms with E-state index in [2.05, 4.69) is 20.8 Å². The van der Waals surface area contributed by atoms with Gasteiger partial charge in [0.05, 0.1) is 14.2 Å². The molecule has 0 fully saturated rings. The van der Waals surface area contributed by atoms with Crippen LogP contribution in [0.15, 0.2) is 51.4 Å². The normalized spacial score (nSPS) is 11.1. The maximum Gasteiger partial charge on any atom is 0.137 e. The van der Waals surface area contributed by atoms with E-state index in [0.29, 0.717) is 23.0 Å². The molecule has 28 heavy (non-hydrogen) atoms. The fourth-order valence-corrected chi connectivity index (χ4v) is 3.67. The van der Waals surface area contributed by atoms with Gasteiger partial charge in [-0.25, -0.2) is 5.11 Å². The standard InChI is InChI=1S/C22H23BrNO4/c1-24(2)12-14-5-6-17(16(9-14)13-25)19-8-7-18(28-19)15-10-20(26-3)22(23)21(11-15)27-4/h5-11H,12-13H2,1-4H3. The van der Waals surface area contributed by atoms with Crippen molar-refractivity contribution >= 4 is 15.9 Å². The lowest BCUT2D eigenvalue weighted by Gasteiger charge is -2.12. The highest BCUT2D eigenvalue weighted by Gasteiger charge is 2.15. The Balaban J connectivity index is 1.99. The zero-order valence-electron chi connectivity index (χ0n) is 16.4. The van der Waals surface area contributed by atoms with E-state index in [1.165, 1.54) is 0 Å². The minimum Gasteiger partial charge on any atom is -0.495 e. The summed E-state index contributed by atoms with van der Waals surface area (Å²) in [6, 6.07) is 13.5. The number of ether oxygens (including phenoxy) is 2. The smallest absolute Gasteiger partial charge is 0.137 e. The number of hydrogen-bond acceptors (Lipinski definition) is 4. The number of hydrogen-bond donors (Lipinski definition) is 0. The minimum atomic E-state index is -0.299. The summed E-state index contributed by atoms with van der Waals surface area (Å²) in [5.41, 5.74) is 3.48. The first kappa shape index (κ1) is 20.5. The Morgan fingerprint density at radius 3 is 2.18 bits per heavy atom. The van der Waals surface area contributed by atoms with Crippen molar-refractivity contribution in [3.63, 3.8) is 0 Å². The molecule has 0 spiro atoms. The Kier molecular flexibility index (Phi) is 6.44. The second-order valence-electron chi connectivity index (χ2n) is 6.73. The monoisotopic (exact) mass is 444 g/mol. The quantitative estimate of drug-likeness (QED) is 0.490. The molecule has 0 aliphatic carbocycles. The molecule has 0 bridgehead atoms. The highest BCUT2D eigenvalue weighted by molar-refractivity contribution is 9.10. The van der Waals surface area contributed by atoms with Gasteiger partial charge in [-0.2, -0.15) is 0 Å². The second-order valence-corrected chi connectivity index (χ2v) is 7.53. The van der Waals surface area contributed by atoms with Crippen molar-refractivity contribution in [1.82, 2.24) is 4.90 Å². The maximum absolute atomic E-state index is 11.8. The Hall–Kier alpha value is -2.28. The number of benzene rings is 2. The molecule has 2 aromatic carbocycles. The maximum atomic E-state index is 11.8. The zero-order chi connectivity index (χ0) is 20.3. The Bertz CT molecular complexity index is 940. The second kappa shape index (κ2) is 8.82. The predicted octanol–water partition coefficient (Wildman–Crippen LogP) is 5.39. The van der Waals surface area contributed by atoms with Gasteiger partial charge in [-0.05, 0) is 65.4 Å². The molecule has 3 aromatic rings. The number of furan rings is 1. The number of nitrogens with zero attached hydrogens (tertiary/aromatic N) is 1. The van der Waals surface area contributed by atoms with Gasteiger partial charge in [0.15, 0.2) is 0 Å². The molecule has 147 valence electrons. The first-order valence-corrected chi connectivity index (χ1v) is 9.62. The highest BCUT2D eigenvalue weighted by atomic mass is 79.9. The lowest BCUT2D eigenvalue weighted by atomic mass is 10.0. The summed E-state index contributed by atoms with van der Waals surface area (Å²) in [6.45, 7) is 0.488. The first-order valence-electron chi connectivity index (χ1n) is 8.83. The molecule has 0 saturated heterocycles. The molecular weight excluding hydrogens is 422 g/mol. The summed E-state index contributed by atoms with van der Waals surface area (Å²) in [7, 11) is 7.22. The van der Waals surface area contributed by atoms with Crippen LogP contribution in [0.25, 0.3) is 22.6 Å². The fraction of sp³-hybridized carbons (Fsp3) is 0.273. The van der Waals surface area contributed by atoms with Crippen molar-refractivity contribution in [3.05, 3.63) is 58.1 Å². The van der Waals surface area contributed by atoms with Crippen LogP contribution >= 0.6 is 15.9 Å². The van der Waals surface area contributed by atoms with Crippen molar-refractivity contribution < 1.29 is 19.0 Å². The Morgan fingerprint density at radius 1 is 0.964 bits per heavy atom. The van der Waals surface area contributed by atoms with E-state index in [9.17, 15) is 5.11 Å². The van der Waals surface area contributed by atoms with Gasteiger partial charge in [-0.3, -0.25) is 0 Å². The van der Waals surface area contributed by atoms with Gasteiger partial charge in [0.2, 0.25) is 0 Å². The van der Waals surface area contributed by atoms with Crippen molar-refractivity contribution in [1.29, 1.82) is 0 Å². The first-order chi connectivity index (χ1) is 13.5. The average molecular weight is 445 g/mol. The van der Waals surface area contributed by atoms with E-state index in [1.807, 2.05) is 56.6 Å². The van der Waals surface area contributed by atoms with Gasteiger partial charge in [-0.1, -0.05) is 18.2 Å². The van der Waals surface area contributed by atoms with E-state index in [0.717, 1.165) is 33.3 Å². The minimum absolute atomic E-state index is 0.299. The molecule has 5 nitrogen and oxygen atoms in total. The molecule has 0 N–H and O–H groups in total. The van der Waals surface area contributed by atoms with E-state index in [1.54, 1.807) is 14.2 Å². The van der Waals surface area contributed by atoms with Crippen molar-refractivity contribution in [2.75, 3.05) is 28.3 Å². The van der Waals surface area contributed by atoms with Gasteiger partial charge in [0.1, 0.15) is 34.1 Å². The number of methoxy groups -OCH3 is 2. The van der Waals surface area contributed by atoms with Gasteiger partial charge in [0, 0.05) is 17.7 Å². The molecule has 0 unspecified atom stereocenters. The van der Waals surface area contributed by atoms with Crippen LogP contribution in [-0.2, 0) is 18.3 Å². The summed E-state index contributed by atoms with van der Waals surface area (Å²) in [5, 5.41) is 11.8. The highest BCUT2D eigenvalue weighted by Crippen LogP contribution is 2.40. The molecule has 1 heterocycles. The molecule has 1 radical (unpaired) electrons. The zero-order valence-corrected chi connectivity index (χ0v) is 18.0. The van der Waals surface area contributed by atoms with Crippen LogP contribution < -0.4 is 9.47 Å². The molecule has 0 amide bonds. The average Bonchev–Trinajstić information content (AvgIpc) is 3.17. The summed E-state index contributed by atoms with van der Waals surface area (Å²) >= 11 is 3.47. The third-order valence-corrected chi connectivity index (χ3v) is 5.21. The lowest BCUT2D eigenvalue weighted by molar-refractivity contribution is 0.178. The molecular formula is C22H23BrNO4. The summed E-state index contributed by atoms with van der Waals surface area (Å²) < 4.78 is 17.6. The molecule has 1 aromatic heterocycles. The van der Waals surface area contributed by atoms with Crippen LogP contribution in [-0.4, -0.2) is 33.2 Å². The van der Waals surface area contributed by atoms with E-state index in [4.69, 9.17) is 13.9 Å². The lowest BCUT2D eigenvalue weighted by Crippen LogP contribution is -2.10. The van der Waals surface area contributed by atoms with Crippen LogP contribution in [0.5, 0.6) is 11.5 Å². The number of rotatable bonds is 7. The van der Waals surface area contributed by atoms with Gasteiger partial charge < -0.3 is 18.8 Å². The summed E-state index contributed by atoms with van der Waals surface area (Å²) in [6.07, 6.45) is 0. The third kappa shape index (κ3) is 4.24. The van der Waals surface area contributed by atoms with Gasteiger partial charge in [-0.15, -0.1) is 0 Å². The molecule has 3 rings (SSSR count). The summed E-state index contributed by atoms with van der Waals surface area (Å²) in [4.78, 5) is 2.07.